The SMILES string of the molecule is CCOC(=O)c1ccc(C(O)C(O)CCS)c([N+](=O)[O-])c1. The summed E-state index contributed by atoms with van der Waals surface area (Å²) >= 11 is 3.93. The Hall–Kier alpha value is -1.64. The third-order valence-corrected chi connectivity index (χ3v) is 3.10. The fraction of sp³-hybridized carbons (Fsp3) is 0.462. The minimum Gasteiger partial charge on any atom is -0.462 e. The van der Waals surface area contributed by atoms with Crippen molar-refractivity contribution in [1.29, 1.82) is 0 Å². The number of thiol groups is 1. The van der Waals surface area contributed by atoms with E-state index in [1.807, 2.05) is 0 Å². The number of rotatable bonds is 7. The van der Waals surface area contributed by atoms with Crippen molar-refractivity contribution in [2.45, 2.75) is 25.6 Å². The molecule has 0 spiro atoms. The van der Waals surface area contributed by atoms with Gasteiger partial charge in [0.05, 0.1) is 28.8 Å². The molecule has 0 aromatic heterocycles. The van der Waals surface area contributed by atoms with E-state index in [-0.39, 0.29) is 24.2 Å². The van der Waals surface area contributed by atoms with Crippen molar-refractivity contribution in [3.63, 3.8) is 0 Å². The van der Waals surface area contributed by atoms with Crippen molar-refractivity contribution in [2.75, 3.05) is 12.4 Å². The lowest BCUT2D eigenvalue weighted by atomic mass is 9.99. The summed E-state index contributed by atoms with van der Waals surface area (Å²) in [5.41, 5.74) is -0.475. The van der Waals surface area contributed by atoms with Crippen LogP contribution in [-0.4, -0.2) is 39.6 Å². The van der Waals surface area contributed by atoms with E-state index in [1.54, 1.807) is 6.92 Å². The second kappa shape index (κ2) is 7.96. The summed E-state index contributed by atoms with van der Waals surface area (Å²) in [6, 6.07) is 3.59. The van der Waals surface area contributed by atoms with Crippen LogP contribution in [0.25, 0.3) is 0 Å². The summed E-state index contributed by atoms with van der Waals surface area (Å²) in [6.45, 7) is 1.77. The number of nitrogens with zero attached hydrogens (tertiary/aromatic N) is 1. The Kier molecular flexibility index (Phi) is 6.60. The van der Waals surface area contributed by atoms with Crippen LogP contribution in [0.1, 0.15) is 35.4 Å². The van der Waals surface area contributed by atoms with Gasteiger partial charge in [-0.05, 0) is 31.2 Å². The lowest BCUT2D eigenvalue weighted by Gasteiger charge is -2.17. The van der Waals surface area contributed by atoms with Crippen molar-refractivity contribution in [3.05, 3.63) is 39.4 Å². The van der Waals surface area contributed by atoms with Gasteiger partial charge in [-0.25, -0.2) is 4.79 Å². The molecule has 0 bridgehead atoms. The van der Waals surface area contributed by atoms with Gasteiger partial charge < -0.3 is 14.9 Å². The molecular formula is C13H17NO6S. The highest BCUT2D eigenvalue weighted by Gasteiger charge is 2.27. The number of benzene rings is 1. The number of carbonyl (C=O) groups excluding carboxylic acids is 1. The summed E-state index contributed by atoms with van der Waals surface area (Å²) in [7, 11) is 0. The van der Waals surface area contributed by atoms with Gasteiger partial charge in [0.1, 0.15) is 6.10 Å². The van der Waals surface area contributed by atoms with E-state index < -0.39 is 28.8 Å². The number of aliphatic hydroxyl groups is 2. The highest BCUT2D eigenvalue weighted by Crippen LogP contribution is 2.29. The van der Waals surface area contributed by atoms with Gasteiger partial charge >= 0.3 is 5.97 Å². The first kappa shape index (κ1) is 17.4. The summed E-state index contributed by atoms with van der Waals surface area (Å²) in [5.74, 6) is -0.357. The molecule has 1 aromatic rings. The zero-order chi connectivity index (χ0) is 16.0. The number of esters is 1. The molecule has 0 amide bonds. The maximum absolute atomic E-state index is 11.6. The molecule has 0 saturated carbocycles. The standard InChI is InChI=1S/C13H17NO6S/c1-2-20-13(17)8-3-4-9(10(7-8)14(18)19)12(16)11(15)5-6-21/h3-4,7,11-12,15-16,21H,2,5-6H2,1H3. The van der Waals surface area contributed by atoms with Crippen LogP contribution in [0.15, 0.2) is 18.2 Å². The van der Waals surface area contributed by atoms with Gasteiger partial charge in [-0.1, -0.05) is 0 Å². The molecule has 2 atom stereocenters. The van der Waals surface area contributed by atoms with Crippen LogP contribution in [0.2, 0.25) is 0 Å². The molecule has 0 fully saturated rings. The summed E-state index contributed by atoms with van der Waals surface area (Å²) in [5, 5.41) is 30.8. The molecule has 7 nitrogen and oxygen atoms in total. The number of carbonyl (C=O) groups is 1. The zero-order valence-electron chi connectivity index (χ0n) is 11.4. The topological polar surface area (TPSA) is 110 Å². The first-order valence-corrected chi connectivity index (χ1v) is 6.98. The molecule has 116 valence electrons. The minimum atomic E-state index is -1.42. The van der Waals surface area contributed by atoms with Crippen molar-refractivity contribution in [3.8, 4) is 0 Å². The second-order valence-electron chi connectivity index (χ2n) is 4.28. The van der Waals surface area contributed by atoms with Crippen molar-refractivity contribution in [2.24, 2.45) is 0 Å². The van der Waals surface area contributed by atoms with E-state index in [2.05, 4.69) is 12.6 Å². The largest absolute Gasteiger partial charge is 0.462 e. The second-order valence-corrected chi connectivity index (χ2v) is 4.72. The Morgan fingerprint density at radius 2 is 2.14 bits per heavy atom. The number of nitro groups is 1. The smallest absolute Gasteiger partial charge is 0.338 e. The van der Waals surface area contributed by atoms with Crippen LogP contribution in [0.3, 0.4) is 0 Å². The van der Waals surface area contributed by atoms with E-state index in [4.69, 9.17) is 4.74 Å². The molecule has 21 heavy (non-hydrogen) atoms. The van der Waals surface area contributed by atoms with E-state index in [9.17, 15) is 25.1 Å². The zero-order valence-corrected chi connectivity index (χ0v) is 12.3. The molecule has 0 aliphatic rings. The van der Waals surface area contributed by atoms with Gasteiger partial charge in [0.25, 0.3) is 5.69 Å². The summed E-state index contributed by atoms with van der Waals surface area (Å²) in [6.07, 6.45) is -2.41. The van der Waals surface area contributed by atoms with Crippen LogP contribution in [0.4, 0.5) is 5.69 Å². The molecule has 0 aliphatic heterocycles. The van der Waals surface area contributed by atoms with Gasteiger partial charge in [0.15, 0.2) is 0 Å². The fourth-order valence-electron chi connectivity index (χ4n) is 1.79. The Morgan fingerprint density at radius 1 is 1.48 bits per heavy atom. The molecule has 1 aromatic carbocycles. The summed E-state index contributed by atoms with van der Waals surface area (Å²) < 4.78 is 4.77. The molecule has 0 heterocycles. The van der Waals surface area contributed by atoms with Gasteiger partial charge in [0, 0.05) is 6.07 Å². The molecular weight excluding hydrogens is 298 g/mol. The predicted molar refractivity (Wildman–Crippen MR) is 78.5 cm³/mol. The maximum atomic E-state index is 11.6. The maximum Gasteiger partial charge on any atom is 0.338 e. The number of hydrogen-bond donors (Lipinski definition) is 3. The van der Waals surface area contributed by atoms with Crippen molar-refractivity contribution < 1.29 is 24.7 Å². The van der Waals surface area contributed by atoms with Crippen LogP contribution in [0.5, 0.6) is 0 Å². The Labute approximate surface area is 127 Å². The lowest BCUT2D eigenvalue weighted by Crippen LogP contribution is -2.20. The van der Waals surface area contributed by atoms with Crippen LogP contribution >= 0.6 is 12.6 Å². The van der Waals surface area contributed by atoms with Crippen molar-refractivity contribution >= 4 is 24.3 Å². The van der Waals surface area contributed by atoms with E-state index in [0.717, 1.165) is 6.07 Å². The highest BCUT2D eigenvalue weighted by atomic mass is 32.1. The monoisotopic (exact) mass is 315 g/mol. The van der Waals surface area contributed by atoms with Crippen LogP contribution < -0.4 is 0 Å². The number of ether oxygens (including phenoxy) is 1. The lowest BCUT2D eigenvalue weighted by molar-refractivity contribution is -0.386. The highest BCUT2D eigenvalue weighted by molar-refractivity contribution is 7.80. The Bertz CT molecular complexity index is 521. The van der Waals surface area contributed by atoms with Gasteiger partial charge in [-0.15, -0.1) is 0 Å². The third kappa shape index (κ3) is 4.42. The van der Waals surface area contributed by atoms with Crippen LogP contribution in [-0.2, 0) is 4.74 Å². The molecule has 2 N–H and O–H groups in total. The molecule has 0 aliphatic carbocycles. The van der Waals surface area contributed by atoms with Gasteiger partial charge in [0.2, 0.25) is 0 Å². The molecule has 1 rings (SSSR count). The number of nitro benzene ring substituents is 1. The van der Waals surface area contributed by atoms with E-state index in [0.29, 0.717) is 5.75 Å². The summed E-state index contributed by atoms with van der Waals surface area (Å²) in [4.78, 5) is 21.9. The first-order valence-electron chi connectivity index (χ1n) is 6.34. The van der Waals surface area contributed by atoms with E-state index >= 15 is 0 Å². The first-order chi connectivity index (χ1) is 9.92. The minimum absolute atomic E-state index is 0.0168. The molecule has 8 heteroatoms. The Balaban J connectivity index is 3.16. The molecule has 0 saturated heterocycles. The number of hydrogen-bond acceptors (Lipinski definition) is 7. The fourth-order valence-corrected chi connectivity index (χ4v) is 2.06. The number of aliphatic hydroxyl groups excluding tert-OH is 2. The van der Waals surface area contributed by atoms with Gasteiger partial charge in [-0.3, -0.25) is 10.1 Å². The normalized spacial score (nSPS) is 13.5. The third-order valence-electron chi connectivity index (χ3n) is 2.85. The van der Waals surface area contributed by atoms with Crippen LogP contribution in [0, 0.1) is 10.1 Å². The average Bonchev–Trinajstić information content (AvgIpc) is 2.46. The molecule has 2 unspecified atom stereocenters. The van der Waals surface area contributed by atoms with Crippen molar-refractivity contribution in [1.82, 2.24) is 0 Å². The molecule has 0 radical (unpaired) electrons. The quantitative estimate of drug-likeness (QED) is 0.304. The average molecular weight is 315 g/mol. The van der Waals surface area contributed by atoms with E-state index in [1.165, 1.54) is 12.1 Å². The Morgan fingerprint density at radius 3 is 2.67 bits per heavy atom. The predicted octanol–water partition coefficient (Wildman–Crippen LogP) is 1.49. The van der Waals surface area contributed by atoms with Gasteiger partial charge in [-0.2, -0.15) is 12.6 Å².